The van der Waals surface area contributed by atoms with Crippen LogP contribution in [0.5, 0.6) is 0 Å². The fourth-order valence-corrected chi connectivity index (χ4v) is 3.55. The lowest BCUT2D eigenvalue weighted by Gasteiger charge is -2.15. The molecule has 0 spiro atoms. The molecule has 1 aliphatic rings. The zero-order valence-corrected chi connectivity index (χ0v) is 14.0. The molecule has 118 valence electrons. The normalized spacial score (nSPS) is 17.0. The van der Waals surface area contributed by atoms with E-state index in [1.807, 2.05) is 26.8 Å². The first kappa shape index (κ1) is 15.3. The number of hydrogen-bond acceptors (Lipinski definition) is 5. The van der Waals surface area contributed by atoms with Crippen molar-refractivity contribution in [3.05, 3.63) is 17.5 Å². The van der Waals surface area contributed by atoms with E-state index in [0.717, 1.165) is 24.2 Å². The molecule has 7 heteroatoms. The standard InChI is InChI=1S/C15H21N5OS/c1-9-8-10(2)20-14(16-9)18-15(19-20)22-11(3)13(21)17-12-6-4-5-7-12/h8,11-12H,4-7H2,1-3H3,(H,17,21)/t11-/m0/s1. The van der Waals surface area contributed by atoms with Crippen LogP contribution < -0.4 is 5.32 Å². The molecule has 0 saturated heterocycles. The van der Waals surface area contributed by atoms with Crippen LogP contribution in [0, 0.1) is 13.8 Å². The van der Waals surface area contributed by atoms with Crippen LogP contribution in [0.2, 0.25) is 0 Å². The minimum Gasteiger partial charge on any atom is -0.352 e. The van der Waals surface area contributed by atoms with Crippen LogP contribution in [0.25, 0.3) is 5.78 Å². The van der Waals surface area contributed by atoms with Gasteiger partial charge < -0.3 is 5.32 Å². The first-order valence-corrected chi connectivity index (χ1v) is 8.59. The maximum atomic E-state index is 12.2. The van der Waals surface area contributed by atoms with Gasteiger partial charge in [0.2, 0.25) is 11.1 Å². The summed E-state index contributed by atoms with van der Waals surface area (Å²) in [5.74, 6) is 0.653. The Bertz CT molecular complexity index is 693. The number of nitrogens with zero attached hydrogens (tertiary/aromatic N) is 4. The van der Waals surface area contributed by atoms with Gasteiger partial charge in [-0.3, -0.25) is 4.79 Å². The maximum Gasteiger partial charge on any atom is 0.253 e. The van der Waals surface area contributed by atoms with Crippen molar-refractivity contribution in [2.45, 2.75) is 62.9 Å². The Morgan fingerprint density at radius 2 is 2.09 bits per heavy atom. The van der Waals surface area contributed by atoms with E-state index in [-0.39, 0.29) is 11.2 Å². The average Bonchev–Trinajstić information content (AvgIpc) is 3.07. The molecule has 1 aliphatic carbocycles. The number of hydrogen-bond donors (Lipinski definition) is 1. The van der Waals surface area contributed by atoms with Crippen LogP contribution in [0.15, 0.2) is 11.2 Å². The molecule has 1 atom stereocenters. The topological polar surface area (TPSA) is 72.2 Å². The van der Waals surface area contributed by atoms with Crippen LogP contribution in [-0.2, 0) is 4.79 Å². The van der Waals surface area contributed by atoms with Gasteiger partial charge in [0.25, 0.3) is 5.78 Å². The van der Waals surface area contributed by atoms with Gasteiger partial charge in [-0.05, 0) is 39.7 Å². The van der Waals surface area contributed by atoms with E-state index in [1.165, 1.54) is 24.6 Å². The van der Waals surface area contributed by atoms with E-state index in [9.17, 15) is 4.79 Å². The first-order chi connectivity index (χ1) is 10.5. The number of aryl methyl sites for hydroxylation is 2. The molecule has 6 nitrogen and oxygen atoms in total. The second-order valence-electron chi connectivity index (χ2n) is 5.90. The number of fused-ring (bicyclic) bond motifs is 1. The number of nitrogens with one attached hydrogen (secondary N) is 1. The van der Waals surface area contributed by atoms with E-state index in [1.54, 1.807) is 4.52 Å². The summed E-state index contributed by atoms with van der Waals surface area (Å²) in [5.41, 5.74) is 1.91. The van der Waals surface area contributed by atoms with Gasteiger partial charge in [-0.15, -0.1) is 5.10 Å². The molecule has 2 aromatic rings. The van der Waals surface area contributed by atoms with E-state index < -0.39 is 0 Å². The van der Waals surface area contributed by atoms with Gasteiger partial charge in [-0.2, -0.15) is 4.98 Å². The summed E-state index contributed by atoms with van der Waals surface area (Å²) in [7, 11) is 0. The number of carbonyl (C=O) groups excluding carboxylic acids is 1. The molecule has 0 aliphatic heterocycles. The Labute approximate surface area is 134 Å². The van der Waals surface area contributed by atoms with Gasteiger partial charge in [-0.1, -0.05) is 24.6 Å². The highest BCUT2D eigenvalue weighted by atomic mass is 32.2. The minimum absolute atomic E-state index is 0.0663. The van der Waals surface area contributed by atoms with Gasteiger partial charge in [0, 0.05) is 17.4 Å². The van der Waals surface area contributed by atoms with Crippen molar-refractivity contribution in [1.82, 2.24) is 24.9 Å². The summed E-state index contributed by atoms with van der Waals surface area (Å²) in [6, 6.07) is 2.31. The smallest absolute Gasteiger partial charge is 0.253 e. The van der Waals surface area contributed by atoms with Gasteiger partial charge in [-0.25, -0.2) is 9.50 Å². The molecule has 1 amide bonds. The molecule has 1 saturated carbocycles. The molecule has 0 bridgehead atoms. The fraction of sp³-hybridized carbons (Fsp3) is 0.600. The fourth-order valence-electron chi connectivity index (χ4n) is 2.80. The molecule has 2 heterocycles. The summed E-state index contributed by atoms with van der Waals surface area (Å²) >= 11 is 1.38. The highest BCUT2D eigenvalue weighted by Gasteiger charge is 2.22. The molecule has 0 aromatic carbocycles. The van der Waals surface area contributed by atoms with E-state index in [0.29, 0.717) is 17.0 Å². The summed E-state index contributed by atoms with van der Waals surface area (Å²) in [6.07, 6.45) is 4.62. The van der Waals surface area contributed by atoms with Crippen molar-refractivity contribution in [3.8, 4) is 0 Å². The number of amides is 1. The van der Waals surface area contributed by atoms with Crippen molar-refractivity contribution in [2.24, 2.45) is 0 Å². The minimum atomic E-state index is -0.209. The lowest BCUT2D eigenvalue weighted by atomic mass is 10.2. The van der Waals surface area contributed by atoms with E-state index >= 15 is 0 Å². The van der Waals surface area contributed by atoms with Crippen LogP contribution >= 0.6 is 11.8 Å². The molecule has 0 unspecified atom stereocenters. The summed E-state index contributed by atoms with van der Waals surface area (Å²) in [6.45, 7) is 5.80. The molecular weight excluding hydrogens is 298 g/mol. The van der Waals surface area contributed by atoms with E-state index in [2.05, 4.69) is 20.4 Å². The third-order valence-electron chi connectivity index (χ3n) is 3.95. The van der Waals surface area contributed by atoms with E-state index in [4.69, 9.17) is 0 Å². The Morgan fingerprint density at radius 3 is 2.82 bits per heavy atom. The van der Waals surface area contributed by atoms with Crippen LogP contribution in [0.4, 0.5) is 0 Å². The average molecular weight is 319 g/mol. The summed E-state index contributed by atoms with van der Waals surface area (Å²) in [5, 5.41) is 7.93. The van der Waals surface area contributed by atoms with Gasteiger partial charge in [0.1, 0.15) is 0 Å². The van der Waals surface area contributed by atoms with Crippen molar-refractivity contribution in [3.63, 3.8) is 0 Å². The lowest BCUT2D eigenvalue weighted by Crippen LogP contribution is -2.37. The lowest BCUT2D eigenvalue weighted by molar-refractivity contribution is -0.120. The second kappa shape index (κ2) is 6.24. The first-order valence-electron chi connectivity index (χ1n) is 7.71. The number of rotatable bonds is 4. The van der Waals surface area contributed by atoms with Crippen LogP contribution in [-0.4, -0.2) is 36.8 Å². The Kier molecular flexibility index (Phi) is 4.33. The Hall–Kier alpha value is -1.63. The SMILES string of the molecule is Cc1cc(C)n2nc(S[C@@H](C)C(=O)NC3CCCC3)nc2n1. The number of aromatic nitrogens is 4. The molecule has 0 radical (unpaired) electrons. The van der Waals surface area contributed by atoms with Crippen molar-refractivity contribution in [2.75, 3.05) is 0 Å². The van der Waals surface area contributed by atoms with Gasteiger partial charge in [0.15, 0.2) is 0 Å². The van der Waals surface area contributed by atoms with Crippen LogP contribution in [0.3, 0.4) is 0 Å². The highest BCUT2D eigenvalue weighted by molar-refractivity contribution is 8.00. The highest BCUT2D eigenvalue weighted by Crippen LogP contribution is 2.22. The number of thioether (sulfide) groups is 1. The zero-order chi connectivity index (χ0) is 15.7. The summed E-state index contributed by atoms with van der Waals surface area (Å²) < 4.78 is 1.72. The molecule has 22 heavy (non-hydrogen) atoms. The third-order valence-corrected chi connectivity index (χ3v) is 4.90. The van der Waals surface area contributed by atoms with Crippen molar-refractivity contribution >= 4 is 23.4 Å². The van der Waals surface area contributed by atoms with Gasteiger partial charge >= 0.3 is 0 Å². The molecular formula is C15H21N5OS. The van der Waals surface area contributed by atoms with Crippen molar-refractivity contribution < 1.29 is 4.79 Å². The Morgan fingerprint density at radius 1 is 1.36 bits per heavy atom. The molecule has 2 aromatic heterocycles. The number of carbonyl (C=O) groups is 1. The predicted molar refractivity (Wildman–Crippen MR) is 86.0 cm³/mol. The second-order valence-corrected chi connectivity index (χ2v) is 7.20. The monoisotopic (exact) mass is 319 g/mol. The molecule has 1 N–H and O–H groups in total. The third kappa shape index (κ3) is 3.24. The summed E-state index contributed by atoms with van der Waals surface area (Å²) in [4.78, 5) is 21.0. The zero-order valence-electron chi connectivity index (χ0n) is 13.2. The maximum absolute atomic E-state index is 12.2. The quantitative estimate of drug-likeness (QED) is 0.875. The molecule has 1 fully saturated rings. The van der Waals surface area contributed by atoms with Crippen molar-refractivity contribution in [1.29, 1.82) is 0 Å². The Balaban J connectivity index is 1.69. The van der Waals surface area contributed by atoms with Crippen LogP contribution in [0.1, 0.15) is 44.0 Å². The molecule has 3 rings (SSSR count). The van der Waals surface area contributed by atoms with Gasteiger partial charge in [0.05, 0.1) is 5.25 Å². The predicted octanol–water partition coefficient (Wildman–Crippen LogP) is 2.28. The largest absolute Gasteiger partial charge is 0.352 e.